The minimum atomic E-state index is -0.457. The van der Waals surface area contributed by atoms with E-state index in [-0.39, 0.29) is 0 Å². The highest BCUT2D eigenvalue weighted by Gasteiger charge is 2.28. The first kappa shape index (κ1) is 15.5. The van der Waals surface area contributed by atoms with Crippen molar-refractivity contribution in [2.24, 2.45) is 0 Å². The molecule has 0 saturated heterocycles. The summed E-state index contributed by atoms with van der Waals surface area (Å²) in [6, 6.07) is 15.7. The van der Waals surface area contributed by atoms with Crippen LogP contribution in [0.25, 0.3) is 5.69 Å². The highest BCUT2D eigenvalue weighted by Crippen LogP contribution is 2.26. The summed E-state index contributed by atoms with van der Waals surface area (Å²) < 4.78 is 1.76. The number of nitrogens with one attached hydrogen (secondary N) is 1. The molecule has 3 aromatic rings. The van der Waals surface area contributed by atoms with Gasteiger partial charge in [0, 0.05) is 10.7 Å². The highest BCUT2D eigenvalue weighted by molar-refractivity contribution is 6.30. The van der Waals surface area contributed by atoms with Gasteiger partial charge in [-0.15, -0.1) is 5.10 Å². The molecular weight excluding hydrogens is 310 g/mol. The standard InChI is InChI=1S/C17H18ClN5/c1-12-5-4-6-15(11-12)23-16(20-21-22-23)17(2,3)19-14-9-7-13(18)8-10-14/h4-11,19H,1-3H3. The van der Waals surface area contributed by atoms with Crippen molar-refractivity contribution in [3.05, 3.63) is 64.9 Å². The molecule has 0 aliphatic rings. The number of anilines is 1. The molecule has 0 aliphatic heterocycles. The van der Waals surface area contributed by atoms with E-state index in [1.807, 2.05) is 63.2 Å². The Bertz CT molecular complexity index is 808. The lowest BCUT2D eigenvalue weighted by molar-refractivity contribution is 0.542. The SMILES string of the molecule is Cc1cccc(-n2nnnc2C(C)(C)Nc2ccc(Cl)cc2)c1. The molecule has 6 heteroatoms. The number of rotatable bonds is 4. The summed E-state index contributed by atoms with van der Waals surface area (Å²) in [4.78, 5) is 0. The van der Waals surface area contributed by atoms with Crippen LogP contribution >= 0.6 is 11.6 Å². The van der Waals surface area contributed by atoms with Crippen LogP contribution in [0.4, 0.5) is 5.69 Å². The van der Waals surface area contributed by atoms with Crippen LogP contribution in [-0.4, -0.2) is 20.2 Å². The molecule has 0 atom stereocenters. The summed E-state index contributed by atoms with van der Waals surface area (Å²) in [7, 11) is 0. The molecule has 0 unspecified atom stereocenters. The zero-order chi connectivity index (χ0) is 16.4. The fourth-order valence-corrected chi connectivity index (χ4v) is 2.59. The Morgan fingerprint density at radius 3 is 2.52 bits per heavy atom. The summed E-state index contributed by atoms with van der Waals surface area (Å²) >= 11 is 5.94. The summed E-state index contributed by atoms with van der Waals surface area (Å²) in [6.45, 7) is 6.13. The van der Waals surface area contributed by atoms with Gasteiger partial charge in [-0.1, -0.05) is 23.7 Å². The molecule has 118 valence electrons. The van der Waals surface area contributed by atoms with Crippen molar-refractivity contribution >= 4 is 17.3 Å². The average Bonchev–Trinajstić information content (AvgIpc) is 3.00. The fourth-order valence-electron chi connectivity index (χ4n) is 2.46. The van der Waals surface area contributed by atoms with E-state index >= 15 is 0 Å². The van der Waals surface area contributed by atoms with Gasteiger partial charge < -0.3 is 5.32 Å². The first-order valence-corrected chi connectivity index (χ1v) is 7.73. The maximum atomic E-state index is 5.94. The van der Waals surface area contributed by atoms with E-state index in [4.69, 9.17) is 11.6 Å². The average molecular weight is 328 g/mol. The lowest BCUT2D eigenvalue weighted by Crippen LogP contribution is -2.31. The van der Waals surface area contributed by atoms with Gasteiger partial charge in [0.15, 0.2) is 5.82 Å². The van der Waals surface area contributed by atoms with Crippen molar-refractivity contribution in [1.29, 1.82) is 0 Å². The van der Waals surface area contributed by atoms with Crippen LogP contribution < -0.4 is 5.32 Å². The molecule has 0 fully saturated rings. The molecule has 2 aromatic carbocycles. The largest absolute Gasteiger partial charge is 0.373 e. The Balaban J connectivity index is 1.94. The predicted molar refractivity (Wildman–Crippen MR) is 92.0 cm³/mol. The van der Waals surface area contributed by atoms with Gasteiger partial charge in [-0.2, -0.15) is 4.68 Å². The molecule has 1 heterocycles. The number of hydrogen-bond acceptors (Lipinski definition) is 4. The van der Waals surface area contributed by atoms with Gasteiger partial charge in [-0.05, 0) is 73.2 Å². The number of nitrogens with zero attached hydrogens (tertiary/aromatic N) is 4. The molecule has 3 rings (SSSR count). The van der Waals surface area contributed by atoms with Gasteiger partial charge in [0.05, 0.1) is 11.2 Å². The van der Waals surface area contributed by atoms with E-state index in [0.29, 0.717) is 5.02 Å². The van der Waals surface area contributed by atoms with Crippen LogP contribution in [0.15, 0.2) is 48.5 Å². The van der Waals surface area contributed by atoms with Gasteiger partial charge in [-0.3, -0.25) is 0 Å². The quantitative estimate of drug-likeness (QED) is 0.787. The Labute approximate surface area is 140 Å². The maximum absolute atomic E-state index is 5.94. The fraction of sp³-hybridized carbons (Fsp3) is 0.235. The third-order valence-electron chi connectivity index (χ3n) is 3.58. The second-order valence-electron chi connectivity index (χ2n) is 6.01. The third-order valence-corrected chi connectivity index (χ3v) is 3.83. The molecule has 0 saturated carbocycles. The van der Waals surface area contributed by atoms with E-state index in [9.17, 15) is 0 Å². The van der Waals surface area contributed by atoms with E-state index in [1.165, 1.54) is 0 Å². The number of hydrogen-bond donors (Lipinski definition) is 1. The smallest absolute Gasteiger partial charge is 0.181 e. The zero-order valence-electron chi connectivity index (χ0n) is 13.3. The van der Waals surface area contributed by atoms with Crippen LogP contribution in [0.2, 0.25) is 5.02 Å². The summed E-state index contributed by atoms with van der Waals surface area (Å²) in [5, 5.41) is 16.4. The maximum Gasteiger partial charge on any atom is 0.181 e. The highest BCUT2D eigenvalue weighted by atomic mass is 35.5. The Kier molecular flexibility index (Phi) is 4.05. The van der Waals surface area contributed by atoms with Gasteiger partial charge in [0.25, 0.3) is 0 Å². The van der Waals surface area contributed by atoms with E-state index in [1.54, 1.807) is 4.68 Å². The minimum Gasteiger partial charge on any atom is -0.373 e. The van der Waals surface area contributed by atoms with Gasteiger partial charge in [0.2, 0.25) is 0 Å². The van der Waals surface area contributed by atoms with Crippen LogP contribution in [0.5, 0.6) is 0 Å². The van der Waals surface area contributed by atoms with E-state index in [2.05, 4.69) is 26.9 Å². The van der Waals surface area contributed by atoms with E-state index in [0.717, 1.165) is 22.8 Å². The Hall–Kier alpha value is -2.40. The van der Waals surface area contributed by atoms with Crippen LogP contribution in [0.3, 0.4) is 0 Å². The van der Waals surface area contributed by atoms with Gasteiger partial charge in [0.1, 0.15) is 0 Å². The topological polar surface area (TPSA) is 55.6 Å². The molecular formula is C17H18ClN5. The first-order chi connectivity index (χ1) is 11.0. The summed E-state index contributed by atoms with van der Waals surface area (Å²) in [5.74, 6) is 0.734. The van der Waals surface area contributed by atoms with Crippen molar-refractivity contribution in [2.45, 2.75) is 26.3 Å². The number of aryl methyl sites for hydroxylation is 1. The van der Waals surface area contributed by atoms with E-state index < -0.39 is 5.54 Å². The molecule has 1 aromatic heterocycles. The van der Waals surface area contributed by atoms with Crippen molar-refractivity contribution in [3.8, 4) is 5.69 Å². The van der Waals surface area contributed by atoms with Crippen molar-refractivity contribution in [2.75, 3.05) is 5.32 Å². The second kappa shape index (κ2) is 6.01. The molecule has 0 bridgehead atoms. The van der Waals surface area contributed by atoms with Crippen molar-refractivity contribution in [1.82, 2.24) is 20.2 Å². The van der Waals surface area contributed by atoms with Gasteiger partial charge >= 0.3 is 0 Å². The normalized spacial score (nSPS) is 11.5. The summed E-state index contributed by atoms with van der Waals surface area (Å²) in [6.07, 6.45) is 0. The lowest BCUT2D eigenvalue weighted by atomic mass is 10.0. The van der Waals surface area contributed by atoms with Crippen LogP contribution in [0, 0.1) is 6.92 Å². The van der Waals surface area contributed by atoms with Crippen molar-refractivity contribution in [3.63, 3.8) is 0 Å². The first-order valence-electron chi connectivity index (χ1n) is 7.35. The molecule has 0 aliphatic carbocycles. The number of halogens is 1. The molecule has 1 N–H and O–H groups in total. The van der Waals surface area contributed by atoms with Gasteiger partial charge in [-0.25, -0.2) is 0 Å². The predicted octanol–water partition coefficient (Wildman–Crippen LogP) is 3.97. The molecule has 5 nitrogen and oxygen atoms in total. The number of aromatic nitrogens is 4. The van der Waals surface area contributed by atoms with Crippen LogP contribution in [0.1, 0.15) is 25.2 Å². The number of tetrazole rings is 1. The van der Waals surface area contributed by atoms with Crippen molar-refractivity contribution < 1.29 is 0 Å². The molecule has 0 amide bonds. The lowest BCUT2D eigenvalue weighted by Gasteiger charge is -2.26. The molecule has 0 spiro atoms. The third kappa shape index (κ3) is 3.35. The monoisotopic (exact) mass is 327 g/mol. The second-order valence-corrected chi connectivity index (χ2v) is 6.45. The molecule has 0 radical (unpaired) electrons. The summed E-state index contributed by atoms with van der Waals surface area (Å²) in [5.41, 5.74) is 2.60. The van der Waals surface area contributed by atoms with Crippen LogP contribution in [-0.2, 0) is 5.54 Å². The Morgan fingerprint density at radius 2 is 1.83 bits per heavy atom. The number of benzene rings is 2. The zero-order valence-corrected chi connectivity index (χ0v) is 14.0. The minimum absolute atomic E-state index is 0.457. The Morgan fingerprint density at radius 1 is 1.09 bits per heavy atom. The molecule has 23 heavy (non-hydrogen) atoms.